The number of aliphatic hydroxyl groups is 1. The first-order chi connectivity index (χ1) is 14.2. The van der Waals surface area contributed by atoms with Crippen LogP contribution in [0.2, 0.25) is 0 Å². The number of carbonyl (C=O) groups is 1. The molecular formula is C24H28N2O3. The number of carbonyl (C=O) groups excluding carboxylic acids is 1. The van der Waals surface area contributed by atoms with Crippen LogP contribution in [-0.2, 0) is 9.53 Å². The third-order valence-corrected chi connectivity index (χ3v) is 5.62. The molecule has 5 atom stereocenters. The molecule has 1 unspecified atom stereocenters. The van der Waals surface area contributed by atoms with Crippen molar-refractivity contribution in [2.24, 2.45) is 11.8 Å². The maximum atomic E-state index is 12.5. The van der Waals surface area contributed by atoms with Gasteiger partial charge in [-0.1, -0.05) is 60.7 Å². The second kappa shape index (κ2) is 10.2. The zero-order chi connectivity index (χ0) is 20.6. The summed E-state index contributed by atoms with van der Waals surface area (Å²) in [6.45, 7) is 2.09. The van der Waals surface area contributed by atoms with Gasteiger partial charge in [0.2, 0.25) is 0 Å². The van der Waals surface area contributed by atoms with Crippen LogP contribution in [-0.4, -0.2) is 30.3 Å². The molecule has 5 heteroatoms. The van der Waals surface area contributed by atoms with E-state index in [0.717, 1.165) is 17.5 Å². The number of aliphatic hydroxyl groups excluding tert-OH is 1. The number of benzene rings is 2. The molecule has 2 aromatic rings. The van der Waals surface area contributed by atoms with Gasteiger partial charge in [0.25, 0.3) is 0 Å². The standard InChI is InChI=1S/C24H28N2O3/c1-2-29-24(28)21(17-9-5-3-6-10-17)14-19-13-20(19)22(15-25)26-23(16-27)18-11-7-4-8-12-18/h3-12,19-23,26-27H,2,13-14,16H2,1H3/t19?,20-,21-,22-,23+/m1/s1. The molecule has 5 nitrogen and oxygen atoms in total. The van der Waals surface area contributed by atoms with Crippen molar-refractivity contribution in [3.05, 3.63) is 71.8 Å². The molecule has 2 N–H and O–H groups in total. The second-order valence-electron chi connectivity index (χ2n) is 7.53. The molecule has 0 aromatic heterocycles. The fraction of sp³-hybridized carbons (Fsp3) is 0.417. The highest BCUT2D eigenvalue weighted by molar-refractivity contribution is 5.78. The van der Waals surface area contributed by atoms with Gasteiger partial charge in [-0.25, -0.2) is 0 Å². The van der Waals surface area contributed by atoms with Gasteiger partial charge in [-0.2, -0.15) is 5.26 Å². The lowest BCUT2D eigenvalue weighted by molar-refractivity contribution is -0.145. The Bertz CT molecular complexity index is 819. The molecule has 1 saturated carbocycles. The maximum Gasteiger partial charge on any atom is 0.313 e. The molecule has 3 rings (SSSR count). The van der Waals surface area contributed by atoms with Crippen LogP contribution in [0, 0.1) is 23.2 Å². The first-order valence-electron chi connectivity index (χ1n) is 10.2. The maximum absolute atomic E-state index is 12.5. The zero-order valence-electron chi connectivity index (χ0n) is 16.7. The van der Waals surface area contributed by atoms with Crippen molar-refractivity contribution in [3.8, 4) is 6.07 Å². The molecule has 2 aromatic carbocycles. The summed E-state index contributed by atoms with van der Waals surface area (Å²) in [6, 6.07) is 21.1. The highest BCUT2D eigenvalue weighted by Crippen LogP contribution is 2.47. The lowest BCUT2D eigenvalue weighted by Crippen LogP contribution is -2.35. The number of nitrogens with one attached hydrogen (secondary N) is 1. The zero-order valence-corrected chi connectivity index (χ0v) is 16.7. The quantitative estimate of drug-likeness (QED) is 0.604. The number of ether oxygens (including phenoxy) is 1. The molecular weight excluding hydrogens is 364 g/mol. The van der Waals surface area contributed by atoms with Crippen molar-refractivity contribution in [3.63, 3.8) is 0 Å². The monoisotopic (exact) mass is 392 g/mol. The van der Waals surface area contributed by atoms with E-state index in [1.54, 1.807) is 0 Å². The van der Waals surface area contributed by atoms with Gasteiger partial charge in [0.05, 0.1) is 37.3 Å². The minimum absolute atomic E-state index is 0.0744. The van der Waals surface area contributed by atoms with Crippen molar-refractivity contribution in [2.75, 3.05) is 13.2 Å². The van der Waals surface area contributed by atoms with Gasteiger partial charge in [-0.3, -0.25) is 10.1 Å². The molecule has 0 heterocycles. The van der Waals surface area contributed by atoms with Gasteiger partial charge < -0.3 is 9.84 Å². The predicted octanol–water partition coefficient (Wildman–Crippen LogP) is 3.57. The van der Waals surface area contributed by atoms with E-state index in [1.807, 2.05) is 67.6 Å². The van der Waals surface area contributed by atoms with E-state index in [9.17, 15) is 15.2 Å². The molecule has 0 spiro atoms. The van der Waals surface area contributed by atoms with Gasteiger partial charge in [-0.15, -0.1) is 0 Å². The molecule has 0 saturated heterocycles. The van der Waals surface area contributed by atoms with Crippen molar-refractivity contribution in [1.29, 1.82) is 5.26 Å². The molecule has 1 aliphatic carbocycles. The van der Waals surface area contributed by atoms with E-state index in [-0.39, 0.29) is 42.4 Å². The Morgan fingerprint density at radius 2 is 1.79 bits per heavy atom. The van der Waals surface area contributed by atoms with E-state index < -0.39 is 0 Å². The number of nitriles is 1. The van der Waals surface area contributed by atoms with Crippen LogP contribution in [0.25, 0.3) is 0 Å². The Balaban J connectivity index is 1.65. The summed E-state index contributed by atoms with van der Waals surface area (Å²) in [5.41, 5.74) is 1.91. The number of nitrogens with zero attached hydrogens (tertiary/aromatic N) is 1. The average molecular weight is 392 g/mol. The summed E-state index contributed by atoms with van der Waals surface area (Å²) in [5.74, 6) is -0.0770. The van der Waals surface area contributed by atoms with Crippen LogP contribution in [0.1, 0.15) is 42.9 Å². The highest BCUT2D eigenvalue weighted by Gasteiger charge is 2.46. The Morgan fingerprint density at radius 3 is 2.34 bits per heavy atom. The van der Waals surface area contributed by atoms with E-state index in [2.05, 4.69) is 11.4 Å². The summed E-state index contributed by atoms with van der Waals surface area (Å²) < 4.78 is 5.30. The molecule has 0 amide bonds. The molecule has 0 radical (unpaired) electrons. The van der Waals surface area contributed by atoms with Crippen molar-refractivity contribution in [1.82, 2.24) is 5.32 Å². The lowest BCUT2D eigenvalue weighted by Gasteiger charge is -2.21. The Morgan fingerprint density at radius 1 is 1.17 bits per heavy atom. The summed E-state index contributed by atoms with van der Waals surface area (Å²) in [5, 5.41) is 22.8. The number of esters is 1. The normalized spacial score (nSPS) is 20.9. The summed E-state index contributed by atoms with van der Waals surface area (Å²) in [7, 11) is 0. The Labute approximate surface area is 172 Å². The molecule has 29 heavy (non-hydrogen) atoms. The summed E-state index contributed by atoms with van der Waals surface area (Å²) in [6.07, 6.45) is 1.56. The van der Waals surface area contributed by atoms with Crippen LogP contribution in [0.3, 0.4) is 0 Å². The molecule has 0 aliphatic heterocycles. The minimum Gasteiger partial charge on any atom is -0.466 e. The average Bonchev–Trinajstić information content (AvgIpc) is 3.53. The molecule has 1 fully saturated rings. The van der Waals surface area contributed by atoms with Crippen LogP contribution in [0.15, 0.2) is 60.7 Å². The number of hydrogen-bond donors (Lipinski definition) is 2. The van der Waals surface area contributed by atoms with Crippen LogP contribution < -0.4 is 5.32 Å². The van der Waals surface area contributed by atoms with Crippen molar-refractivity contribution >= 4 is 5.97 Å². The van der Waals surface area contributed by atoms with Crippen molar-refractivity contribution in [2.45, 2.75) is 37.8 Å². The predicted molar refractivity (Wildman–Crippen MR) is 111 cm³/mol. The van der Waals surface area contributed by atoms with Gasteiger partial charge in [0, 0.05) is 0 Å². The van der Waals surface area contributed by atoms with E-state index in [0.29, 0.717) is 13.0 Å². The number of hydrogen-bond acceptors (Lipinski definition) is 5. The van der Waals surface area contributed by atoms with Crippen LogP contribution in [0.4, 0.5) is 0 Å². The molecule has 0 bridgehead atoms. The van der Waals surface area contributed by atoms with Crippen LogP contribution in [0.5, 0.6) is 0 Å². The third-order valence-electron chi connectivity index (χ3n) is 5.62. The summed E-state index contributed by atoms with van der Waals surface area (Å²) >= 11 is 0. The highest BCUT2D eigenvalue weighted by atomic mass is 16.5. The Hall–Kier alpha value is -2.68. The third kappa shape index (κ3) is 5.44. The fourth-order valence-electron chi connectivity index (χ4n) is 3.96. The Kier molecular flexibility index (Phi) is 7.40. The lowest BCUT2D eigenvalue weighted by atomic mass is 9.92. The second-order valence-corrected chi connectivity index (χ2v) is 7.53. The van der Waals surface area contributed by atoms with Crippen LogP contribution >= 0.6 is 0 Å². The SMILES string of the molecule is CCOC(=O)[C@H](CC1C[C@H]1[C@@H](C#N)N[C@@H](CO)c1ccccc1)c1ccccc1. The fourth-order valence-corrected chi connectivity index (χ4v) is 3.96. The number of rotatable bonds is 10. The topological polar surface area (TPSA) is 82.4 Å². The van der Waals surface area contributed by atoms with E-state index in [4.69, 9.17) is 4.74 Å². The molecule has 152 valence electrons. The van der Waals surface area contributed by atoms with E-state index >= 15 is 0 Å². The van der Waals surface area contributed by atoms with Gasteiger partial charge in [0.1, 0.15) is 0 Å². The van der Waals surface area contributed by atoms with Gasteiger partial charge >= 0.3 is 5.97 Å². The first kappa shape index (κ1) is 21.0. The summed E-state index contributed by atoms with van der Waals surface area (Å²) in [4.78, 5) is 12.5. The minimum atomic E-state index is -0.365. The van der Waals surface area contributed by atoms with E-state index in [1.165, 1.54) is 0 Å². The van der Waals surface area contributed by atoms with Gasteiger partial charge in [0.15, 0.2) is 0 Å². The molecule has 1 aliphatic rings. The smallest absolute Gasteiger partial charge is 0.313 e. The largest absolute Gasteiger partial charge is 0.466 e. The van der Waals surface area contributed by atoms with Gasteiger partial charge in [-0.05, 0) is 42.7 Å². The first-order valence-corrected chi connectivity index (χ1v) is 10.2. The van der Waals surface area contributed by atoms with Crippen molar-refractivity contribution < 1.29 is 14.6 Å².